The van der Waals surface area contributed by atoms with Crippen LogP contribution in [0.5, 0.6) is 0 Å². The topological polar surface area (TPSA) is 81.8 Å². The van der Waals surface area contributed by atoms with E-state index in [1.54, 1.807) is 4.90 Å². The van der Waals surface area contributed by atoms with Crippen LogP contribution in [0.15, 0.2) is 42.5 Å². The molecule has 10 heteroatoms. The molecule has 2 saturated carbocycles. The molecule has 2 aromatic carbocycles. The number of β-amino-alcohol motifs (C(OH)–C–C–N with tert-alkyl or cyclic N) is 1. The summed E-state index contributed by atoms with van der Waals surface area (Å²) in [6.07, 6.45) is -1.10. The number of fused-ring (bicyclic) bond motifs is 1. The molecule has 4 N–H and O–H groups in total. The number of halogens is 4. The first-order valence-corrected chi connectivity index (χ1v) is 12.8. The average Bonchev–Trinajstić information content (AvgIpc) is 3.44. The lowest BCUT2D eigenvalue weighted by Crippen LogP contribution is -2.48. The smallest absolute Gasteiger partial charge is 0.399 e. The van der Waals surface area contributed by atoms with Gasteiger partial charge >= 0.3 is 12.2 Å². The minimum Gasteiger partial charge on any atom is -0.399 e. The number of anilines is 2. The fraction of sp³-hybridized carbons (Fsp3) is 0.519. The Hall–Kier alpha value is -2.85. The molecule has 3 aliphatic rings. The lowest BCUT2D eigenvalue weighted by molar-refractivity contribution is -0.139. The molecule has 6 nitrogen and oxygen atoms in total. The predicted octanol–water partition coefficient (Wildman–Crippen LogP) is 4.84. The Morgan fingerprint density at radius 2 is 2.03 bits per heavy atom. The third-order valence-electron chi connectivity index (χ3n) is 8.30. The maximum Gasteiger partial charge on any atom is 0.419 e. The third-order valence-corrected chi connectivity index (χ3v) is 8.30. The van der Waals surface area contributed by atoms with Gasteiger partial charge in [0.25, 0.3) is 0 Å². The summed E-state index contributed by atoms with van der Waals surface area (Å²) < 4.78 is 53.3. The van der Waals surface area contributed by atoms with Gasteiger partial charge in [-0.05, 0) is 79.3 Å². The van der Waals surface area contributed by atoms with Crippen molar-refractivity contribution in [2.24, 2.45) is 5.92 Å². The highest BCUT2D eigenvalue weighted by molar-refractivity contribution is 5.89. The van der Waals surface area contributed by atoms with E-state index in [9.17, 15) is 27.5 Å². The van der Waals surface area contributed by atoms with Gasteiger partial charge in [0.1, 0.15) is 5.82 Å². The van der Waals surface area contributed by atoms with E-state index in [0.29, 0.717) is 38.0 Å². The number of nitrogens with two attached hydrogens (primary N) is 1. The summed E-state index contributed by atoms with van der Waals surface area (Å²) in [5, 5.41) is 12.4. The second-order valence-corrected chi connectivity index (χ2v) is 10.7. The van der Waals surface area contributed by atoms with Crippen LogP contribution in [0.25, 0.3) is 0 Å². The van der Waals surface area contributed by atoms with E-state index in [2.05, 4.69) is 16.3 Å². The molecule has 37 heavy (non-hydrogen) atoms. The molecule has 4 atom stereocenters. The van der Waals surface area contributed by atoms with Gasteiger partial charge in [0.05, 0.1) is 11.7 Å². The number of hydrogen-bond acceptors (Lipinski definition) is 4. The standard InChI is InChI=1S/C27H32F4N4O2/c28-24-5-4-20(14-23(24)27(29,30)31)33-25(37)35(11-10-34-9-7-22(36)16-34)21-6-8-26(15-18(26)13-21)17-2-1-3-19(32)12-17/h1-5,12,14,18,21-22,36H,6-11,13,15-16,32H2,(H,33,37)/t18?,21-,22-,26-/m1/s1. The van der Waals surface area contributed by atoms with Crippen molar-refractivity contribution >= 4 is 17.4 Å². The normalized spacial score (nSPS) is 27.5. The van der Waals surface area contributed by atoms with E-state index < -0.39 is 23.6 Å². The van der Waals surface area contributed by atoms with Gasteiger partial charge in [0, 0.05) is 43.6 Å². The highest BCUT2D eigenvalue weighted by Crippen LogP contribution is 2.63. The highest BCUT2D eigenvalue weighted by atomic mass is 19.4. The minimum atomic E-state index is -4.86. The minimum absolute atomic E-state index is 0.0725. The Bertz CT molecular complexity index is 1160. The molecule has 2 aliphatic carbocycles. The number of alkyl halides is 3. The molecule has 0 radical (unpaired) electrons. The van der Waals surface area contributed by atoms with Crippen LogP contribution in [-0.2, 0) is 11.6 Å². The van der Waals surface area contributed by atoms with Gasteiger partial charge in [0.15, 0.2) is 0 Å². The molecular weight excluding hydrogens is 488 g/mol. The lowest BCUT2D eigenvalue weighted by Gasteiger charge is -2.37. The molecule has 1 aliphatic heterocycles. The van der Waals surface area contributed by atoms with Crippen LogP contribution < -0.4 is 11.1 Å². The van der Waals surface area contributed by atoms with Crippen molar-refractivity contribution < 1.29 is 27.5 Å². The number of hydrogen-bond donors (Lipinski definition) is 3. The molecule has 2 amide bonds. The number of benzene rings is 2. The molecule has 1 heterocycles. The predicted molar refractivity (Wildman–Crippen MR) is 132 cm³/mol. The first-order chi connectivity index (χ1) is 17.5. The van der Waals surface area contributed by atoms with E-state index in [4.69, 9.17) is 5.73 Å². The van der Waals surface area contributed by atoms with E-state index in [-0.39, 0.29) is 23.2 Å². The SMILES string of the molecule is Nc1cccc([C@]23CC[C@@H](N(CCN4CC[C@@H](O)C4)C(=O)Nc4ccc(F)c(C(F)(F)F)c4)CC2C3)c1. The van der Waals surface area contributed by atoms with Crippen molar-refractivity contribution in [3.63, 3.8) is 0 Å². The number of urea groups is 1. The Morgan fingerprint density at radius 1 is 1.22 bits per heavy atom. The molecule has 2 aromatic rings. The summed E-state index contributed by atoms with van der Waals surface area (Å²) >= 11 is 0. The summed E-state index contributed by atoms with van der Waals surface area (Å²) in [5.74, 6) is -0.978. The fourth-order valence-corrected chi connectivity index (χ4v) is 6.23. The lowest BCUT2D eigenvalue weighted by atomic mass is 9.80. The number of aliphatic hydroxyl groups excluding tert-OH is 1. The molecule has 1 saturated heterocycles. The van der Waals surface area contributed by atoms with Gasteiger partial charge in [0.2, 0.25) is 0 Å². The number of nitrogens with one attached hydrogen (secondary N) is 1. The van der Waals surface area contributed by atoms with E-state index in [0.717, 1.165) is 50.0 Å². The average molecular weight is 521 g/mol. The number of nitrogens with zero attached hydrogens (tertiary/aromatic N) is 2. The number of aliphatic hydroxyl groups is 1. The van der Waals surface area contributed by atoms with Crippen LogP contribution in [0, 0.1) is 11.7 Å². The highest BCUT2D eigenvalue weighted by Gasteiger charge is 2.58. The van der Waals surface area contributed by atoms with Crippen LogP contribution in [0.2, 0.25) is 0 Å². The Balaban J connectivity index is 1.31. The zero-order valence-electron chi connectivity index (χ0n) is 20.5. The number of nitrogen functional groups attached to an aromatic ring is 1. The van der Waals surface area contributed by atoms with Crippen LogP contribution in [0.3, 0.4) is 0 Å². The Kier molecular flexibility index (Phi) is 6.83. The van der Waals surface area contributed by atoms with Crippen molar-refractivity contribution in [3.8, 4) is 0 Å². The van der Waals surface area contributed by atoms with E-state index in [1.807, 2.05) is 18.2 Å². The van der Waals surface area contributed by atoms with Gasteiger partial charge in [-0.3, -0.25) is 4.90 Å². The van der Waals surface area contributed by atoms with Gasteiger partial charge < -0.3 is 21.1 Å². The van der Waals surface area contributed by atoms with E-state index >= 15 is 0 Å². The van der Waals surface area contributed by atoms with Gasteiger partial charge in [-0.2, -0.15) is 13.2 Å². The zero-order valence-corrected chi connectivity index (χ0v) is 20.5. The zero-order chi connectivity index (χ0) is 26.4. The number of rotatable bonds is 6. The van der Waals surface area contributed by atoms with Gasteiger partial charge in [-0.15, -0.1) is 0 Å². The molecule has 5 rings (SSSR count). The van der Waals surface area contributed by atoms with Gasteiger partial charge in [-0.25, -0.2) is 9.18 Å². The van der Waals surface area contributed by atoms with Crippen LogP contribution in [-0.4, -0.2) is 59.3 Å². The van der Waals surface area contributed by atoms with Crippen molar-refractivity contribution in [3.05, 3.63) is 59.4 Å². The summed E-state index contributed by atoms with van der Waals surface area (Å²) in [4.78, 5) is 17.2. The number of likely N-dealkylation sites (tertiary alicyclic amines) is 1. The van der Waals surface area contributed by atoms with Crippen molar-refractivity contribution in [2.75, 3.05) is 37.2 Å². The molecule has 200 valence electrons. The molecular formula is C27H32F4N4O2. The maximum absolute atomic E-state index is 13.7. The Morgan fingerprint density at radius 3 is 2.70 bits per heavy atom. The monoisotopic (exact) mass is 520 g/mol. The Labute approximate surface area is 213 Å². The number of amides is 2. The number of carbonyl (C=O) groups excluding carboxylic acids is 1. The van der Waals surface area contributed by atoms with Gasteiger partial charge in [-0.1, -0.05) is 12.1 Å². The summed E-state index contributed by atoms with van der Waals surface area (Å²) in [5.41, 5.74) is 6.53. The second kappa shape index (κ2) is 9.79. The third kappa shape index (κ3) is 5.40. The van der Waals surface area contributed by atoms with Crippen LogP contribution in [0.4, 0.5) is 33.7 Å². The summed E-state index contributed by atoms with van der Waals surface area (Å²) in [7, 11) is 0. The van der Waals surface area contributed by atoms with E-state index in [1.165, 1.54) is 5.56 Å². The summed E-state index contributed by atoms with van der Waals surface area (Å²) in [6, 6.07) is 9.88. The van der Waals surface area contributed by atoms with Crippen molar-refractivity contribution in [2.45, 2.75) is 55.8 Å². The first kappa shape index (κ1) is 25.8. The summed E-state index contributed by atoms with van der Waals surface area (Å²) in [6.45, 7) is 2.21. The molecule has 0 spiro atoms. The molecule has 0 bridgehead atoms. The molecule has 1 unspecified atom stereocenters. The first-order valence-electron chi connectivity index (χ1n) is 12.8. The van der Waals surface area contributed by atoms with Crippen molar-refractivity contribution in [1.29, 1.82) is 0 Å². The molecule has 3 fully saturated rings. The largest absolute Gasteiger partial charge is 0.419 e. The second-order valence-electron chi connectivity index (χ2n) is 10.7. The van der Waals surface area contributed by atoms with Crippen LogP contribution in [0.1, 0.15) is 43.2 Å². The fourth-order valence-electron chi connectivity index (χ4n) is 6.23. The van der Waals surface area contributed by atoms with Crippen LogP contribution >= 0.6 is 0 Å². The maximum atomic E-state index is 13.7. The number of carbonyl (C=O) groups is 1. The van der Waals surface area contributed by atoms with Crippen molar-refractivity contribution in [1.82, 2.24) is 9.80 Å². The quantitative estimate of drug-likeness (QED) is 0.376. The molecule has 0 aromatic heterocycles.